The number of benzene rings is 1. The summed E-state index contributed by atoms with van der Waals surface area (Å²) in [5, 5.41) is 0. The third kappa shape index (κ3) is 2.65. The number of aromatic nitrogens is 2. The maximum atomic E-state index is 10.7. The summed E-state index contributed by atoms with van der Waals surface area (Å²) in [4.78, 5) is 21.6. The molecule has 0 atom stereocenters. The van der Waals surface area contributed by atoms with Gasteiger partial charge in [0.2, 0.25) is 0 Å². The van der Waals surface area contributed by atoms with Gasteiger partial charge in [-0.2, -0.15) is 0 Å². The highest BCUT2D eigenvalue weighted by atomic mass is 31.2. The van der Waals surface area contributed by atoms with Gasteiger partial charge in [-0.05, 0) is 25.1 Å². The van der Waals surface area contributed by atoms with Crippen molar-refractivity contribution in [2.75, 3.05) is 5.73 Å². The van der Waals surface area contributed by atoms with Gasteiger partial charge < -0.3 is 20.1 Å². The second-order valence-corrected chi connectivity index (χ2v) is 4.82. The summed E-state index contributed by atoms with van der Waals surface area (Å²) in [5.41, 5.74) is 7.58. The number of phosphoric acid groups is 1. The molecule has 1 heterocycles. The van der Waals surface area contributed by atoms with Gasteiger partial charge in [-0.25, -0.2) is 9.55 Å². The lowest BCUT2D eigenvalue weighted by atomic mass is 10.3. The number of hydrogen-bond acceptors (Lipinski definition) is 4. The number of imidazole rings is 1. The van der Waals surface area contributed by atoms with Crippen molar-refractivity contribution < 1.29 is 18.9 Å². The molecule has 2 aromatic rings. The molecule has 92 valence electrons. The van der Waals surface area contributed by atoms with Crippen LogP contribution in [0, 0.1) is 6.92 Å². The van der Waals surface area contributed by atoms with Gasteiger partial charge in [0.05, 0.1) is 11.0 Å². The van der Waals surface area contributed by atoms with Gasteiger partial charge in [-0.15, -0.1) is 0 Å². The number of phosphoric ester groups is 1. The van der Waals surface area contributed by atoms with Crippen molar-refractivity contribution in [3.8, 4) is 0 Å². The smallest absolute Gasteiger partial charge is 0.399 e. The highest BCUT2D eigenvalue weighted by molar-refractivity contribution is 7.46. The number of rotatable bonds is 3. The second kappa shape index (κ2) is 4.12. The molecule has 1 aromatic heterocycles. The fourth-order valence-corrected chi connectivity index (χ4v) is 1.82. The van der Waals surface area contributed by atoms with Crippen LogP contribution in [-0.4, -0.2) is 19.3 Å². The minimum absolute atomic E-state index is 0.268. The summed E-state index contributed by atoms with van der Waals surface area (Å²) in [6, 6.07) is 5.13. The van der Waals surface area contributed by atoms with Crippen molar-refractivity contribution in [2.45, 2.75) is 13.7 Å². The van der Waals surface area contributed by atoms with Crippen molar-refractivity contribution in [1.29, 1.82) is 0 Å². The minimum Gasteiger partial charge on any atom is -0.399 e. The fourth-order valence-electron chi connectivity index (χ4n) is 1.56. The van der Waals surface area contributed by atoms with Crippen LogP contribution >= 0.6 is 7.82 Å². The molecule has 0 amide bonds. The van der Waals surface area contributed by atoms with Gasteiger partial charge in [-0.1, -0.05) is 0 Å². The molecule has 2 rings (SSSR count). The molecule has 0 saturated carbocycles. The van der Waals surface area contributed by atoms with Gasteiger partial charge >= 0.3 is 7.82 Å². The zero-order chi connectivity index (χ0) is 12.6. The van der Waals surface area contributed by atoms with Crippen LogP contribution in [0.4, 0.5) is 5.69 Å². The van der Waals surface area contributed by atoms with E-state index < -0.39 is 7.82 Å². The van der Waals surface area contributed by atoms with E-state index in [1.54, 1.807) is 29.7 Å². The number of nitrogens with two attached hydrogens (primary N) is 1. The number of aryl methyl sites for hydroxylation is 1. The molecule has 4 N–H and O–H groups in total. The average Bonchev–Trinajstić information content (AvgIpc) is 2.49. The molecule has 0 bridgehead atoms. The summed E-state index contributed by atoms with van der Waals surface area (Å²) in [5.74, 6) is 0.596. The second-order valence-electron chi connectivity index (χ2n) is 3.58. The lowest BCUT2D eigenvalue weighted by molar-refractivity contribution is 0.155. The monoisotopic (exact) mass is 257 g/mol. The Hall–Kier alpha value is -1.40. The highest BCUT2D eigenvalue weighted by Crippen LogP contribution is 2.36. The van der Waals surface area contributed by atoms with E-state index in [1.165, 1.54) is 0 Å². The quantitative estimate of drug-likeness (QED) is 0.558. The Morgan fingerprint density at radius 1 is 1.53 bits per heavy atom. The van der Waals surface area contributed by atoms with Crippen LogP contribution in [0.3, 0.4) is 0 Å². The van der Waals surface area contributed by atoms with Gasteiger partial charge in [0.25, 0.3) is 0 Å². The Labute approximate surface area is 97.1 Å². The Kier molecular flexibility index (Phi) is 2.92. The standard InChI is InChI=1S/C9H12N3O4P/c1-6-11-8-3-2-7(10)4-9(8)12(6)5-16-17(13,14)15/h2-4H,5,10H2,1H3,(H2,13,14,15). The molecule has 0 saturated heterocycles. The predicted molar refractivity (Wildman–Crippen MR) is 62.0 cm³/mol. The molecule has 0 fully saturated rings. The van der Waals surface area contributed by atoms with Crippen LogP contribution in [0.1, 0.15) is 5.82 Å². The van der Waals surface area contributed by atoms with Gasteiger partial charge in [0.15, 0.2) is 0 Å². The van der Waals surface area contributed by atoms with E-state index in [2.05, 4.69) is 9.51 Å². The van der Waals surface area contributed by atoms with E-state index in [9.17, 15) is 4.57 Å². The first-order valence-electron chi connectivity index (χ1n) is 4.79. The summed E-state index contributed by atoms with van der Waals surface area (Å²) in [6.07, 6.45) is 0. The summed E-state index contributed by atoms with van der Waals surface area (Å²) in [6.45, 7) is 1.45. The predicted octanol–water partition coefficient (Wildman–Crippen LogP) is 0.994. The molecule has 8 heteroatoms. The van der Waals surface area contributed by atoms with Gasteiger partial charge in [0, 0.05) is 5.69 Å². The third-order valence-corrected chi connectivity index (χ3v) is 2.77. The van der Waals surface area contributed by atoms with E-state index >= 15 is 0 Å². The molecule has 1 aromatic carbocycles. The molecule has 17 heavy (non-hydrogen) atoms. The van der Waals surface area contributed by atoms with Crippen LogP contribution < -0.4 is 5.73 Å². The Balaban J connectivity index is 2.42. The van der Waals surface area contributed by atoms with Gasteiger partial charge in [0.1, 0.15) is 12.6 Å². The minimum atomic E-state index is -4.50. The van der Waals surface area contributed by atoms with Crippen molar-refractivity contribution in [3.05, 3.63) is 24.0 Å². The lowest BCUT2D eigenvalue weighted by Gasteiger charge is -2.08. The molecule has 7 nitrogen and oxygen atoms in total. The number of fused-ring (bicyclic) bond motifs is 1. The van der Waals surface area contributed by atoms with Crippen LogP contribution in [0.25, 0.3) is 11.0 Å². The number of nitrogens with zero attached hydrogens (tertiary/aromatic N) is 2. The van der Waals surface area contributed by atoms with Crippen molar-refractivity contribution in [2.24, 2.45) is 0 Å². The molecule has 0 unspecified atom stereocenters. The summed E-state index contributed by atoms with van der Waals surface area (Å²) >= 11 is 0. The van der Waals surface area contributed by atoms with E-state index in [0.29, 0.717) is 22.5 Å². The van der Waals surface area contributed by atoms with E-state index in [1.807, 2.05) is 0 Å². The fraction of sp³-hybridized carbons (Fsp3) is 0.222. The topological polar surface area (TPSA) is 111 Å². The zero-order valence-electron chi connectivity index (χ0n) is 9.07. The van der Waals surface area contributed by atoms with Gasteiger partial charge in [-0.3, -0.25) is 4.52 Å². The number of anilines is 1. The number of nitrogen functional groups attached to an aromatic ring is 1. The summed E-state index contributed by atoms with van der Waals surface area (Å²) in [7, 11) is -4.50. The lowest BCUT2D eigenvalue weighted by Crippen LogP contribution is -2.03. The molecule has 0 aliphatic carbocycles. The molecule has 0 radical (unpaired) electrons. The highest BCUT2D eigenvalue weighted by Gasteiger charge is 2.16. The number of hydrogen-bond donors (Lipinski definition) is 3. The third-order valence-electron chi connectivity index (χ3n) is 2.32. The SMILES string of the molecule is Cc1nc2ccc(N)cc2n1COP(=O)(O)O. The first-order chi connectivity index (χ1) is 7.87. The van der Waals surface area contributed by atoms with Crippen molar-refractivity contribution >= 4 is 24.5 Å². The van der Waals surface area contributed by atoms with Crippen LogP contribution in [0.5, 0.6) is 0 Å². The van der Waals surface area contributed by atoms with E-state index in [-0.39, 0.29) is 6.73 Å². The summed E-state index contributed by atoms with van der Waals surface area (Å²) < 4.78 is 16.7. The largest absolute Gasteiger partial charge is 0.471 e. The Morgan fingerprint density at radius 2 is 2.24 bits per heavy atom. The van der Waals surface area contributed by atoms with Crippen molar-refractivity contribution in [3.63, 3.8) is 0 Å². The molecular formula is C9H12N3O4P. The van der Waals surface area contributed by atoms with Crippen molar-refractivity contribution in [1.82, 2.24) is 9.55 Å². The molecule has 0 aliphatic heterocycles. The Morgan fingerprint density at radius 3 is 2.88 bits per heavy atom. The van der Waals surface area contributed by atoms with Crippen LogP contribution in [-0.2, 0) is 15.8 Å². The van der Waals surface area contributed by atoms with E-state index in [0.717, 1.165) is 0 Å². The maximum Gasteiger partial charge on any atom is 0.471 e. The molecular weight excluding hydrogens is 245 g/mol. The van der Waals surface area contributed by atoms with Crippen LogP contribution in [0.15, 0.2) is 18.2 Å². The Bertz CT molecular complexity index is 604. The maximum absolute atomic E-state index is 10.7. The molecule has 0 spiro atoms. The average molecular weight is 257 g/mol. The zero-order valence-corrected chi connectivity index (χ0v) is 9.96. The molecule has 0 aliphatic rings. The van der Waals surface area contributed by atoms with E-state index in [4.69, 9.17) is 15.5 Å². The first kappa shape index (κ1) is 12.1. The first-order valence-corrected chi connectivity index (χ1v) is 6.32. The van der Waals surface area contributed by atoms with Crippen LogP contribution in [0.2, 0.25) is 0 Å². The normalized spacial score (nSPS) is 12.2.